The smallest absolute Gasteiger partial charge is 0.407 e. The van der Waals surface area contributed by atoms with E-state index in [9.17, 15) is 24.0 Å². The summed E-state index contributed by atoms with van der Waals surface area (Å²) in [7, 11) is 2.47. The van der Waals surface area contributed by atoms with E-state index in [1.807, 2.05) is 12.1 Å². The molecule has 4 N–H and O–H groups in total. The monoisotopic (exact) mass is 866 g/mol. The SMILES string of the molecule is COC(=O)N[C@@H](C(=O)N1CCC[C@H]1c1ncc(-c2ccc3oc4cc(-c5cnc([C@@H]6CCCN6C(=O)[C@H](NC(=O)OC)c6ccccc6)[nH]5)c(F)cc4c(=O)c3c2)[nH]1)c1ccccc1. The third-order valence-corrected chi connectivity index (χ3v) is 11.9. The first-order valence-corrected chi connectivity index (χ1v) is 20.8. The molecule has 0 unspecified atom stereocenters. The van der Waals surface area contributed by atoms with Crippen molar-refractivity contribution in [1.82, 2.24) is 40.4 Å². The summed E-state index contributed by atoms with van der Waals surface area (Å²) in [5.74, 6) is -0.325. The molecule has 4 aromatic carbocycles. The molecule has 4 amide bonds. The van der Waals surface area contributed by atoms with Crippen molar-refractivity contribution in [1.29, 1.82) is 0 Å². The maximum absolute atomic E-state index is 16.0. The lowest BCUT2D eigenvalue weighted by atomic mass is 10.0. The summed E-state index contributed by atoms with van der Waals surface area (Å²) in [5.41, 5.74) is 2.90. The van der Waals surface area contributed by atoms with Crippen molar-refractivity contribution in [3.8, 4) is 22.5 Å². The number of rotatable bonds is 10. The Hall–Kier alpha value is -7.82. The van der Waals surface area contributed by atoms with Crippen LogP contribution in [0.1, 0.15) is 72.6 Å². The van der Waals surface area contributed by atoms with E-state index in [4.69, 9.17) is 13.9 Å². The molecule has 64 heavy (non-hydrogen) atoms. The lowest BCUT2D eigenvalue weighted by molar-refractivity contribution is -0.135. The summed E-state index contributed by atoms with van der Waals surface area (Å²) < 4.78 is 31.8. The molecule has 2 saturated heterocycles. The number of methoxy groups -OCH3 is 2. The van der Waals surface area contributed by atoms with E-state index >= 15 is 4.39 Å². The van der Waals surface area contributed by atoms with Crippen LogP contribution < -0.4 is 16.1 Å². The Balaban J connectivity index is 0.957. The van der Waals surface area contributed by atoms with Crippen molar-refractivity contribution in [2.75, 3.05) is 27.3 Å². The van der Waals surface area contributed by atoms with Gasteiger partial charge >= 0.3 is 12.2 Å². The van der Waals surface area contributed by atoms with Gasteiger partial charge in [-0.2, -0.15) is 0 Å². The Morgan fingerprint density at radius 2 is 1.22 bits per heavy atom. The zero-order valence-electron chi connectivity index (χ0n) is 34.8. The summed E-state index contributed by atoms with van der Waals surface area (Å²) in [6.07, 6.45) is 4.28. The predicted octanol–water partition coefficient (Wildman–Crippen LogP) is 7.39. The second-order valence-electron chi connectivity index (χ2n) is 15.7. The number of likely N-dealkylation sites (tertiary alicyclic amines) is 2. The normalized spacial score (nSPS) is 17.0. The van der Waals surface area contributed by atoms with E-state index < -0.39 is 47.6 Å². The first-order chi connectivity index (χ1) is 31.1. The van der Waals surface area contributed by atoms with Crippen molar-refractivity contribution in [3.05, 3.63) is 142 Å². The first-order valence-electron chi connectivity index (χ1n) is 20.8. The fourth-order valence-corrected chi connectivity index (χ4v) is 8.73. The molecule has 2 aliphatic heterocycles. The Bertz CT molecular complexity index is 2950. The van der Waals surface area contributed by atoms with Gasteiger partial charge in [0.05, 0.1) is 60.9 Å². The fraction of sp³-hybridized carbons (Fsp3) is 0.255. The number of carbonyl (C=O) groups is 4. The Morgan fingerprint density at radius 1 is 0.703 bits per heavy atom. The second kappa shape index (κ2) is 17.5. The van der Waals surface area contributed by atoms with Crippen LogP contribution in [0.4, 0.5) is 14.0 Å². The Labute approximate surface area is 364 Å². The summed E-state index contributed by atoms with van der Waals surface area (Å²) in [6, 6.07) is 22.7. The highest BCUT2D eigenvalue weighted by Crippen LogP contribution is 2.37. The largest absolute Gasteiger partial charge is 0.456 e. The summed E-state index contributed by atoms with van der Waals surface area (Å²) in [6.45, 7) is 0.883. The van der Waals surface area contributed by atoms with Gasteiger partial charge in [-0.3, -0.25) is 14.4 Å². The maximum atomic E-state index is 16.0. The van der Waals surface area contributed by atoms with Crippen molar-refractivity contribution >= 4 is 45.9 Å². The van der Waals surface area contributed by atoms with Gasteiger partial charge in [0.1, 0.15) is 40.7 Å². The van der Waals surface area contributed by atoms with Crippen LogP contribution in [-0.4, -0.2) is 81.0 Å². The molecular formula is C47H43FN8O8. The standard InChI is InChI=1S/C47H43FN8O8/c1-62-46(60)53-39(26-11-5-3-6-12-26)44(58)55-19-9-15-35(55)42-49-24-33(51-42)28-17-18-37-30(21-28)41(57)31-22-32(48)29(23-38(31)64-37)34-25-50-43(52-34)36-16-10-20-56(36)45(59)40(54-47(61)63-2)27-13-7-4-8-14-27/h3-8,11-14,17-18,21-25,35-36,39-40H,9-10,15-16,19-20H2,1-2H3,(H,49,51)(H,50,52)(H,53,60)(H,54,61)/t35-,36-,39+,40+/m0/s1. The molecule has 4 atom stereocenters. The molecule has 5 heterocycles. The average molecular weight is 867 g/mol. The van der Waals surface area contributed by atoms with Gasteiger partial charge in [-0.25, -0.2) is 23.9 Å². The zero-order valence-corrected chi connectivity index (χ0v) is 34.8. The van der Waals surface area contributed by atoms with Gasteiger partial charge in [-0.05, 0) is 67.1 Å². The van der Waals surface area contributed by atoms with E-state index in [0.717, 1.165) is 12.5 Å². The Kier molecular flexibility index (Phi) is 11.4. The van der Waals surface area contributed by atoms with Crippen LogP contribution in [-0.2, 0) is 19.1 Å². The number of nitrogens with zero attached hydrogens (tertiary/aromatic N) is 4. The number of aromatic nitrogens is 4. The molecule has 9 rings (SSSR count). The molecule has 0 aliphatic carbocycles. The number of nitrogens with one attached hydrogen (secondary N) is 4. The number of amides is 4. The maximum Gasteiger partial charge on any atom is 0.407 e. The number of aromatic amines is 2. The van der Waals surface area contributed by atoms with Gasteiger partial charge in [0.25, 0.3) is 11.8 Å². The minimum absolute atomic E-state index is 0.0437. The lowest BCUT2D eigenvalue weighted by Crippen LogP contribution is -2.42. The van der Waals surface area contributed by atoms with Crippen molar-refractivity contribution in [2.45, 2.75) is 49.9 Å². The molecule has 0 bridgehead atoms. The van der Waals surface area contributed by atoms with E-state index in [1.165, 1.54) is 26.5 Å². The number of H-pyrrole nitrogens is 2. The molecule has 0 spiro atoms. The van der Waals surface area contributed by atoms with Gasteiger partial charge in [0, 0.05) is 24.2 Å². The topological polar surface area (TPSA) is 205 Å². The minimum Gasteiger partial charge on any atom is -0.456 e. The summed E-state index contributed by atoms with van der Waals surface area (Å²) >= 11 is 0. The molecule has 326 valence electrons. The third-order valence-electron chi connectivity index (χ3n) is 11.9. The van der Waals surface area contributed by atoms with Gasteiger partial charge in [0.2, 0.25) is 5.43 Å². The van der Waals surface area contributed by atoms with Crippen molar-refractivity contribution in [3.63, 3.8) is 0 Å². The number of halogens is 1. The van der Waals surface area contributed by atoms with E-state index in [-0.39, 0.29) is 39.3 Å². The van der Waals surface area contributed by atoms with Crippen LogP contribution in [0.25, 0.3) is 44.5 Å². The molecule has 0 radical (unpaired) electrons. The Morgan fingerprint density at radius 3 is 1.77 bits per heavy atom. The van der Waals surface area contributed by atoms with Crippen LogP contribution in [0.5, 0.6) is 0 Å². The van der Waals surface area contributed by atoms with Crippen molar-refractivity contribution < 1.29 is 37.5 Å². The highest BCUT2D eigenvalue weighted by atomic mass is 19.1. The fourth-order valence-electron chi connectivity index (χ4n) is 8.73. The van der Waals surface area contributed by atoms with E-state index in [1.54, 1.807) is 82.7 Å². The van der Waals surface area contributed by atoms with E-state index in [0.29, 0.717) is 72.1 Å². The van der Waals surface area contributed by atoms with Crippen LogP contribution in [0.15, 0.2) is 113 Å². The number of benzene rings is 4. The molecule has 17 heteroatoms. The number of carbonyl (C=O) groups excluding carboxylic acids is 4. The number of hydrogen-bond acceptors (Lipinski definition) is 10. The van der Waals surface area contributed by atoms with Gasteiger partial charge in [-0.15, -0.1) is 0 Å². The third kappa shape index (κ3) is 7.91. The van der Waals surface area contributed by atoms with Gasteiger partial charge in [0.15, 0.2) is 0 Å². The molecule has 2 aliphatic rings. The quantitative estimate of drug-likeness (QED) is 0.100. The molecule has 16 nitrogen and oxygen atoms in total. The van der Waals surface area contributed by atoms with Crippen LogP contribution in [0.2, 0.25) is 0 Å². The number of alkyl carbamates (subject to hydrolysis) is 2. The molecule has 3 aromatic heterocycles. The van der Waals surface area contributed by atoms with E-state index in [2.05, 4.69) is 30.6 Å². The number of ether oxygens (including phenoxy) is 2. The predicted molar refractivity (Wildman–Crippen MR) is 232 cm³/mol. The van der Waals surface area contributed by atoms with Crippen LogP contribution >= 0.6 is 0 Å². The lowest BCUT2D eigenvalue weighted by Gasteiger charge is -2.28. The van der Waals surface area contributed by atoms with Crippen molar-refractivity contribution in [2.24, 2.45) is 0 Å². The van der Waals surface area contributed by atoms with Crippen LogP contribution in [0.3, 0.4) is 0 Å². The summed E-state index contributed by atoms with van der Waals surface area (Å²) in [4.78, 5) is 85.5. The molecule has 0 saturated carbocycles. The number of fused-ring (bicyclic) bond motifs is 2. The molecular weight excluding hydrogens is 824 g/mol. The van der Waals surface area contributed by atoms with Crippen LogP contribution in [0, 0.1) is 5.82 Å². The molecule has 2 fully saturated rings. The highest BCUT2D eigenvalue weighted by molar-refractivity contribution is 5.94. The minimum atomic E-state index is -0.995. The molecule has 7 aromatic rings. The van der Waals surface area contributed by atoms with Gasteiger partial charge in [-0.1, -0.05) is 60.7 Å². The highest BCUT2D eigenvalue weighted by Gasteiger charge is 2.39. The zero-order chi connectivity index (χ0) is 44.5. The average Bonchev–Trinajstić information content (AvgIpc) is 4.18. The first kappa shape index (κ1) is 41.5. The number of hydrogen-bond donors (Lipinski definition) is 4. The number of imidazole rings is 2. The second-order valence-corrected chi connectivity index (χ2v) is 15.7. The van der Waals surface area contributed by atoms with Gasteiger partial charge < -0.3 is 44.3 Å². The summed E-state index contributed by atoms with van der Waals surface area (Å²) in [5, 5.41) is 5.59.